The fourth-order valence-electron chi connectivity index (χ4n) is 2.20. The quantitative estimate of drug-likeness (QED) is 0.464. The van der Waals surface area contributed by atoms with Crippen LogP contribution in [0.5, 0.6) is 0 Å². The molecule has 0 bridgehead atoms. The number of amides is 1. The molecule has 1 aromatic carbocycles. The van der Waals surface area contributed by atoms with E-state index in [-0.39, 0.29) is 23.1 Å². The van der Waals surface area contributed by atoms with Gasteiger partial charge in [-0.05, 0) is 31.4 Å². The maximum absolute atomic E-state index is 12.6. The van der Waals surface area contributed by atoms with Crippen LogP contribution in [0.2, 0.25) is 5.02 Å². The van der Waals surface area contributed by atoms with Crippen LogP contribution < -0.4 is 0 Å². The molecule has 0 aliphatic carbocycles. The highest BCUT2D eigenvalue weighted by Gasteiger charge is 2.23. The van der Waals surface area contributed by atoms with Gasteiger partial charge >= 0.3 is 5.97 Å². The van der Waals surface area contributed by atoms with E-state index in [9.17, 15) is 9.59 Å². The van der Waals surface area contributed by atoms with Gasteiger partial charge in [0.05, 0.1) is 17.9 Å². The van der Waals surface area contributed by atoms with E-state index in [1.54, 1.807) is 11.8 Å². The van der Waals surface area contributed by atoms with E-state index in [4.69, 9.17) is 16.3 Å². The van der Waals surface area contributed by atoms with Gasteiger partial charge in [-0.3, -0.25) is 9.59 Å². The third-order valence-corrected chi connectivity index (χ3v) is 4.41. The predicted molar refractivity (Wildman–Crippen MR) is 96.0 cm³/mol. The molecule has 23 heavy (non-hydrogen) atoms. The number of halogens is 2. The fraction of sp³-hybridized carbons (Fsp3) is 0.529. The normalized spacial score (nSPS) is 11.8. The maximum atomic E-state index is 12.6. The molecule has 0 aliphatic rings. The summed E-state index contributed by atoms with van der Waals surface area (Å²) in [5, 5.41) is 0.651. The second-order valence-electron chi connectivity index (χ2n) is 5.14. The zero-order chi connectivity index (χ0) is 17.2. The number of hydrogen-bond donors (Lipinski definition) is 0. The van der Waals surface area contributed by atoms with E-state index in [0.29, 0.717) is 31.1 Å². The van der Waals surface area contributed by atoms with Crippen LogP contribution in [-0.4, -0.2) is 41.3 Å². The van der Waals surface area contributed by atoms with Crippen molar-refractivity contribution in [2.45, 2.75) is 37.9 Å². The molecule has 6 heteroatoms. The van der Waals surface area contributed by atoms with E-state index >= 15 is 0 Å². The summed E-state index contributed by atoms with van der Waals surface area (Å²) in [7, 11) is 0. The molecule has 0 N–H and O–H groups in total. The van der Waals surface area contributed by atoms with Gasteiger partial charge in [0, 0.05) is 18.1 Å². The zero-order valence-electron chi connectivity index (χ0n) is 13.6. The lowest BCUT2D eigenvalue weighted by molar-refractivity contribution is -0.144. The minimum Gasteiger partial charge on any atom is -0.466 e. The van der Waals surface area contributed by atoms with Gasteiger partial charge in [0.2, 0.25) is 5.91 Å². The zero-order valence-corrected chi connectivity index (χ0v) is 15.9. The Balaban J connectivity index is 2.64. The maximum Gasteiger partial charge on any atom is 0.307 e. The van der Waals surface area contributed by atoms with Crippen LogP contribution in [0.15, 0.2) is 24.3 Å². The average molecular weight is 405 g/mol. The summed E-state index contributed by atoms with van der Waals surface area (Å²) in [5.74, 6) is -0.310. The summed E-state index contributed by atoms with van der Waals surface area (Å²) in [6.07, 6.45) is 1.56. The summed E-state index contributed by atoms with van der Waals surface area (Å²) in [4.78, 5) is 25.4. The molecule has 1 aromatic rings. The summed E-state index contributed by atoms with van der Waals surface area (Å²) in [5.41, 5.74) is 0.922. The summed E-state index contributed by atoms with van der Waals surface area (Å²) in [6, 6.07) is 7.48. The van der Waals surface area contributed by atoms with E-state index < -0.39 is 0 Å². The molecule has 0 aromatic heterocycles. The van der Waals surface area contributed by atoms with Crippen molar-refractivity contribution in [3.63, 3.8) is 0 Å². The molecule has 0 aliphatic heterocycles. The molecule has 0 spiro atoms. The van der Waals surface area contributed by atoms with Crippen molar-refractivity contribution in [1.82, 2.24) is 4.90 Å². The second-order valence-corrected chi connectivity index (χ2v) is 6.66. The van der Waals surface area contributed by atoms with E-state index in [2.05, 4.69) is 15.9 Å². The van der Waals surface area contributed by atoms with Crippen LogP contribution in [0.4, 0.5) is 0 Å². The number of carbonyl (C=O) groups is 2. The van der Waals surface area contributed by atoms with Crippen LogP contribution in [0.1, 0.15) is 32.3 Å². The van der Waals surface area contributed by atoms with Crippen molar-refractivity contribution < 1.29 is 14.3 Å². The number of rotatable bonds is 9. The highest BCUT2D eigenvalue weighted by Crippen LogP contribution is 2.20. The monoisotopic (exact) mass is 403 g/mol. The van der Waals surface area contributed by atoms with Gasteiger partial charge in [-0.25, -0.2) is 0 Å². The Bertz CT molecular complexity index is 524. The molecule has 0 heterocycles. The fourth-order valence-corrected chi connectivity index (χ4v) is 3.06. The van der Waals surface area contributed by atoms with Gasteiger partial charge in [-0.2, -0.15) is 0 Å². The first-order valence-electron chi connectivity index (χ1n) is 7.81. The first-order chi connectivity index (χ1) is 11.0. The second kappa shape index (κ2) is 10.7. The molecule has 1 atom stereocenters. The third-order valence-electron chi connectivity index (χ3n) is 3.32. The minimum atomic E-state index is -0.365. The van der Waals surface area contributed by atoms with Gasteiger partial charge in [0.1, 0.15) is 0 Å². The molecular weight excluding hydrogens is 382 g/mol. The smallest absolute Gasteiger partial charge is 0.307 e. The lowest BCUT2D eigenvalue weighted by atomic mass is 10.1. The van der Waals surface area contributed by atoms with Gasteiger partial charge in [0.15, 0.2) is 0 Å². The Morgan fingerprint density at radius 1 is 1.26 bits per heavy atom. The van der Waals surface area contributed by atoms with Crippen LogP contribution in [0, 0.1) is 0 Å². The third kappa shape index (κ3) is 6.92. The number of ether oxygens (including phenoxy) is 1. The first-order valence-corrected chi connectivity index (χ1v) is 9.10. The number of nitrogens with zero attached hydrogens (tertiary/aromatic N) is 1. The number of hydrogen-bond acceptors (Lipinski definition) is 3. The summed E-state index contributed by atoms with van der Waals surface area (Å²) >= 11 is 9.60. The molecule has 0 radical (unpaired) electrons. The Morgan fingerprint density at radius 2 is 1.96 bits per heavy atom. The van der Waals surface area contributed by atoms with Crippen LogP contribution >= 0.6 is 27.5 Å². The van der Waals surface area contributed by atoms with Gasteiger partial charge in [-0.15, -0.1) is 0 Å². The van der Waals surface area contributed by atoms with Crippen molar-refractivity contribution in [3.05, 3.63) is 34.9 Å². The Hall–Kier alpha value is -1.07. The van der Waals surface area contributed by atoms with E-state index in [1.165, 1.54) is 0 Å². The molecular formula is C17H23BrClNO3. The SMILES string of the molecule is CCCN(CCC(=O)OCC)C(=O)C(Br)Cc1ccccc1Cl. The Morgan fingerprint density at radius 3 is 2.57 bits per heavy atom. The van der Waals surface area contributed by atoms with Gasteiger partial charge < -0.3 is 9.64 Å². The molecule has 128 valence electrons. The number of esters is 1. The molecule has 1 amide bonds. The van der Waals surface area contributed by atoms with Crippen LogP contribution in [0.3, 0.4) is 0 Å². The lowest BCUT2D eigenvalue weighted by Gasteiger charge is -2.24. The molecule has 0 saturated carbocycles. The van der Waals surface area contributed by atoms with Crippen molar-refractivity contribution in [2.75, 3.05) is 19.7 Å². The number of carbonyl (C=O) groups excluding carboxylic acids is 2. The highest BCUT2D eigenvalue weighted by molar-refractivity contribution is 9.10. The Labute approximate surface area is 151 Å². The van der Waals surface area contributed by atoms with Crippen molar-refractivity contribution in [1.29, 1.82) is 0 Å². The number of benzene rings is 1. The summed E-state index contributed by atoms with van der Waals surface area (Å²) < 4.78 is 4.92. The largest absolute Gasteiger partial charge is 0.466 e. The van der Waals surface area contributed by atoms with E-state index in [0.717, 1.165) is 12.0 Å². The molecule has 4 nitrogen and oxygen atoms in total. The van der Waals surface area contributed by atoms with Crippen molar-refractivity contribution >= 4 is 39.4 Å². The number of alkyl halides is 1. The standard InChI is InChI=1S/C17H23BrClNO3/c1-3-10-20(11-9-16(21)23-4-2)17(22)14(18)12-13-7-5-6-8-15(13)19/h5-8,14H,3-4,9-12H2,1-2H3. The molecule has 1 rings (SSSR count). The first kappa shape index (κ1) is 20.0. The predicted octanol–water partition coefficient (Wildman–Crippen LogP) is 3.84. The minimum absolute atomic E-state index is 0.0314. The summed E-state index contributed by atoms with van der Waals surface area (Å²) in [6.45, 7) is 5.11. The van der Waals surface area contributed by atoms with Crippen LogP contribution in [0.25, 0.3) is 0 Å². The van der Waals surface area contributed by atoms with E-state index in [1.807, 2.05) is 31.2 Å². The molecule has 0 saturated heterocycles. The van der Waals surface area contributed by atoms with Gasteiger partial charge in [-0.1, -0.05) is 52.7 Å². The van der Waals surface area contributed by atoms with Gasteiger partial charge in [0.25, 0.3) is 0 Å². The highest BCUT2D eigenvalue weighted by atomic mass is 79.9. The topological polar surface area (TPSA) is 46.6 Å². The van der Waals surface area contributed by atoms with Crippen molar-refractivity contribution in [3.8, 4) is 0 Å². The lowest BCUT2D eigenvalue weighted by Crippen LogP contribution is -2.39. The van der Waals surface area contributed by atoms with Crippen molar-refractivity contribution in [2.24, 2.45) is 0 Å². The molecule has 0 fully saturated rings. The molecule has 1 unspecified atom stereocenters. The average Bonchev–Trinajstić information content (AvgIpc) is 2.53. The van der Waals surface area contributed by atoms with Crippen LogP contribution in [-0.2, 0) is 20.7 Å². The Kier molecular flexibility index (Phi) is 9.26.